The van der Waals surface area contributed by atoms with Crippen molar-refractivity contribution in [2.75, 3.05) is 18.0 Å². The number of benzene rings is 1. The van der Waals surface area contributed by atoms with Crippen molar-refractivity contribution < 1.29 is 9.21 Å². The Morgan fingerprint density at radius 1 is 1.33 bits per heavy atom. The lowest BCUT2D eigenvalue weighted by atomic mass is 10.2. The Bertz CT molecular complexity index is 815. The van der Waals surface area contributed by atoms with Crippen LogP contribution in [0, 0.1) is 0 Å². The molecule has 0 spiro atoms. The fourth-order valence-electron chi connectivity index (χ4n) is 3.00. The maximum atomic E-state index is 12.1. The quantitative estimate of drug-likeness (QED) is 0.791. The van der Waals surface area contributed by atoms with Gasteiger partial charge in [0.05, 0.1) is 12.2 Å². The van der Waals surface area contributed by atoms with E-state index < -0.39 is 0 Å². The number of hydrogen-bond donors (Lipinski definition) is 1. The number of fused-ring (bicyclic) bond motifs is 1. The Kier molecular flexibility index (Phi) is 3.82. The number of aromatic nitrogens is 3. The largest absolute Gasteiger partial charge is 0.423 e. The maximum Gasteiger partial charge on any atom is 0.298 e. The van der Waals surface area contributed by atoms with Gasteiger partial charge in [0, 0.05) is 25.5 Å². The van der Waals surface area contributed by atoms with E-state index in [4.69, 9.17) is 4.42 Å². The van der Waals surface area contributed by atoms with E-state index in [9.17, 15) is 4.79 Å². The topological polar surface area (TPSA) is 84.2 Å². The summed E-state index contributed by atoms with van der Waals surface area (Å²) in [4.78, 5) is 26.7. The zero-order valence-electron chi connectivity index (χ0n) is 13.1. The highest BCUT2D eigenvalue weighted by Gasteiger charge is 2.28. The average molecular weight is 323 g/mol. The van der Waals surface area contributed by atoms with E-state index in [-0.39, 0.29) is 11.9 Å². The number of anilines is 1. The monoisotopic (exact) mass is 323 g/mol. The van der Waals surface area contributed by atoms with Crippen molar-refractivity contribution in [3.8, 4) is 0 Å². The summed E-state index contributed by atoms with van der Waals surface area (Å²) in [6.07, 6.45) is 6.55. The minimum Gasteiger partial charge on any atom is -0.423 e. The van der Waals surface area contributed by atoms with Crippen molar-refractivity contribution in [1.29, 1.82) is 0 Å². The van der Waals surface area contributed by atoms with Gasteiger partial charge in [0.25, 0.3) is 11.9 Å². The molecule has 2 aromatic heterocycles. The summed E-state index contributed by atoms with van der Waals surface area (Å²) in [7, 11) is 0. The molecule has 1 unspecified atom stereocenters. The van der Waals surface area contributed by atoms with Crippen molar-refractivity contribution in [3.05, 3.63) is 48.5 Å². The third-order valence-electron chi connectivity index (χ3n) is 4.20. The Labute approximate surface area is 138 Å². The molecule has 0 aliphatic carbocycles. The average Bonchev–Trinajstić information content (AvgIpc) is 3.26. The van der Waals surface area contributed by atoms with E-state index in [0.717, 1.165) is 30.5 Å². The molecule has 1 amide bonds. The number of amides is 1. The number of carbonyl (C=O) groups excluding carboxylic acids is 1. The Morgan fingerprint density at radius 2 is 2.25 bits per heavy atom. The summed E-state index contributed by atoms with van der Waals surface area (Å²) < 4.78 is 5.85. The van der Waals surface area contributed by atoms with Crippen molar-refractivity contribution in [2.45, 2.75) is 18.9 Å². The molecule has 1 aliphatic rings. The van der Waals surface area contributed by atoms with E-state index >= 15 is 0 Å². The Balaban J connectivity index is 1.46. The second kappa shape index (κ2) is 6.27. The lowest BCUT2D eigenvalue weighted by molar-refractivity contribution is 0.0945. The standard InChI is InChI=1S/C17H17N5O2/c23-16(14-11-18-7-8-19-14)20-10-12-4-3-9-22(12)17-21-13-5-1-2-6-15(13)24-17/h1-2,5-8,11-12H,3-4,9-10H2,(H,20,23). The number of para-hydroxylation sites is 2. The first kappa shape index (κ1) is 14.6. The molecule has 1 atom stereocenters. The van der Waals surface area contributed by atoms with Gasteiger partial charge < -0.3 is 14.6 Å². The van der Waals surface area contributed by atoms with Crippen molar-refractivity contribution in [3.63, 3.8) is 0 Å². The molecule has 0 bridgehead atoms. The summed E-state index contributed by atoms with van der Waals surface area (Å²) in [6.45, 7) is 1.40. The van der Waals surface area contributed by atoms with Crippen LogP contribution in [0.5, 0.6) is 0 Å². The molecule has 1 fully saturated rings. The van der Waals surface area contributed by atoms with E-state index in [1.807, 2.05) is 24.3 Å². The Hall–Kier alpha value is -2.96. The number of oxazole rings is 1. The van der Waals surface area contributed by atoms with Gasteiger partial charge in [-0.1, -0.05) is 12.1 Å². The molecular weight excluding hydrogens is 306 g/mol. The number of carbonyl (C=O) groups is 1. The summed E-state index contributed by atoms with van der Waals surface area (Å²) in [6, 6.07) is 8.50. The van der Waals surface area contributed by atoms with Crippen LogP contribution in [-0.4, -0.2) is 40.0 Å². The van der Waals surface area contributed by atoms with Gasteiger partial charge in [-0.3, -0.25) is 9.78 Å². The minimum absolute atomic E-state index is 0.165. The van der Waals surface area contributed by atoms with E-state index in [0.29, 0.717) is 18.3 Å². The van der Waals surface area contributed by atoms with Crippen LogP contribution in [-0.2, 0) is 0 Å². The molecule has 1 aromatic carbocycles. The molecule has 3 aromatic rings. The summed E-state index contributed by atoms with van der Waals surface area (Å²) in [5, 5.41) is 2.92. The van der Waals surface area contributed by atoms with Gasteiger partial charge in [-0.05, 0) is 25.0 Å². The van der Waals surface area contributed by atoms with Gasteiger partial charge in [0.15, 0.2) is 5.58 Å². The highest BCUT2D eigenvalue weighted by Crippen LogP contribution is 2.27. The zero-order chi connectivity index (χ0) is 16.4. The number of hydrogen-bond acceptors (Lipinski definition) is 6. The first-order chi connectivity index (χ1) is 11.8. The molecule has 7 nitrogen and oxygen atoms in total. The molecule has 122 valence electrons. The van der Waals surface area contributed by atoms with Gasteiger partial charge in [-0.2, -0.15) is 4.98 Å². The van der Waals surface area contributed by atoms with Crippen LogP contribution in [0.4, 0.5) is 6.01 Å². The predicted octanol–water partition coefficient (Wildman–Crippen LogP) is 2.02. The summed E-state index contributed by atoms with van der Waals surface area (Å²) >= 11 is 0. The van der Waals surface area contributed by atoms with E-state index in [1.54, 1.807) is 6.20 Å². The zero-order valence-corrected chi connectivity index (χ0v) is 13.1. The molecule has 1 saturated heterocycles. The van der Waals surface area contributed by atoms with Crippen LogP contribution in [0.1, 0.15) is 23.3 Å². The molecule has 0 radical (unpaired) electrons. The first-order valence-electron chi connectivity index (χ1n) is 7.98. The van der Waals surface area contributed by atoms with Crippen LogP contribution in [0.15, 0.2) is 47.3 Å². The van der Waals surface area contributed by atoms with Crippen molar-refractivity contribution in [2.24, 2.45) is 0 Å². The van der Waals surface area contributed by atoms with Gasteiger partial charge in [-0.15, -0.1) is 0 Å². The second-order valence-electron chi connectivity index (χ2n) is 5.75. The van der Waals surface area contributed by atoms with Gasteiger partial charge >= 0.3 is 0 Å². The summed E-state index contributed by atoms with van der Waals surface area (Å²) in [5.41, 5.74) is 1.95. The highest BCUT2D eigenvalue weighted by atomic mass is 16.4. The third-order valence-corrected chi connectivity index (χ3v) is 4.20. The normalized spacial score (nSPS) is 17.3. The SMILES string of the molecule is O=C(NCC1CCCN1c1nc2ccccc2o1)c1cnccn1. The lowest BCUT2D eigenvalue weighted by Crippen LogP contribution is -2.40. The fraction of sp³-hybridized carbons (Fsp3) is 0.294. The molecule has 24 heavy (non-hydrogen) atoms. The fourth-order valence-corrected chi connectivity index (χ4v) is 3.00. The van der Waals surface area contributed by atoms with Gasteiger partial charge in [-0.25, -0.2) is 4.98 Å². The van der Waals surface area contributed by atoms with Crippen LogP contribution < -0.4 is 10.2 Å². The molecule has 3 heterocycles. The highest BCUT2D eigenvalue weighted by molar-refractivity contribution is 5.91. The van der Waals surface area contributed by atoms with Crippen LogP contribution in [0.3, 0.4) is 0 Å². The van der Waals surface area contributed by atoms with Crippen molar-refractivity contribution >= 4 is 23.0 Å². The van der Waals surface area contributed by atoms with Crippen LogP contribution in [0.25, 0.3) is 11.1 Å². The second-order valence-corrected chi connectivity index (χ2v) is 5.75. The summed E-state index contributed by atoms with van der Waals surface area (Å²) in [5.74, 6) is -0.215. The van der Waals surface area contributed by atoms with Gasteiger partial charge in [0.2, 0.25) is 0 Å². The molecule has 0 saturated carbocycles. The smallest absolute Gasteiger partial charge is 0.298 e. The number of nitrogens with zero attached hydrogens (tertiary/aromatic N) is 4. The van der Waals surface area contributed by atoms with Crippen LogP contribution >= 0.6 is 0 Å². The minimum atomic E-state index is -0.215. The first-order valence-corrected chi connectivity index (χ1v) is 7.98. The lowest BCUT2D eigenvalue weighted by Gasteiger charge is -2.22. The molecule has 1 N–H and O–H groups in total. The molecule has 4 rings (SSSR count). The number of rotatable bonds is 4. The molecule has 1 aliphatic heterocycles. The Morgan fingerprint density at radius 3 is 3.08 bits per heavy atom. The maximum absolute atomic E-state index is 12.1. The van der Waals surface area contributed by atoms with E-state index in [2.05, 4.69) is 25.2 Å². The third kappa shape index (κ3) is 2.80. The van der Waals surface area contributed by atoms with E-state index in [1.165, 1.54) is 12.4 Å². The van der Waals surface area contributed by atoms with Crippen molar-refractivity contribution in [1.82, 2.24) is 20.3 Å². The van der Waals surface area contributed by atoms with Crippen LogP contribution in [0.2, 0.25) is 0 Å². The van der Waals surface area contributed by atoms with Gasteiger partial charge in [0.1, 0.15) is 11.2 Å². The predicted molar refractivity (Wildman–Crippen MR) is 88.7 cm³/mol. The molecule has 7 heteroatoms. The number of nitrogens with one attached hydrogen (secondary N) is 1. The molecular formula is C17H17N5O2.